The molecule has 1 N–H and O–H groups in total. The van der Waals surface area contributed by atoms with Gasteiger partial charge in [-0.3, -0.25) is 0 Å². The van der Waals surface area contributed by atoms with Crippen LogP contribution < -0.4 is 4.72 Å². The summed E-state index contributed by atoms with van der Waals surface area (Å²) < 4.78 is 27.6. The Labute approximate surface area is 136 Å². The molecular formula is C17H18ClNO2S. The monoisotopic (exact) mass is 335 g/mol. The first-order valence-electron chi connectivity index (χ1n) is 7.27. The van der Waals surface area contributed by atoms with Crippen LogP contribution in [0.15, 0.2) is 42.5 Å². The molecule has 0 saturated heterocycles. The molecule has 0 saturated carbocycles. The van der Waals surface area contributed by atoms with Crippen LogP contribution in [0.4, 0.5) is 0 Å². The van der Waals surface area contributed by atoms with Crippen molar-refractivity contribution in [2.45, 2.75) is 31.6 Å². The summed E-state index contributed by atoms with van der Waals surface area (Å²) in [7, 11) is -3.38. The van der Waals surface area contributed by atoms with Crippen molar-refractivity contribution in [2.75, 3.05) is 0 Å². The van der Waals surface area contributed by atoms with Gasteiger partial charge in [0.2, 0.25) is 10.0 Å². The van der Waals surface area contributed by atoms with E-state index in [2.05, 4.69) is 17.7 Å². The van der Waals surface area contributed by atoms with Gasteiger partial charge in [-0.1, -0.05) is 47.5 Å². The maximum absolute atomic E-state index is 12.4. The van der Waals surface area contributed by atoms with E-state index >= 15 is 0 Å². The van der Waals surface area contributed by atoms with E-state index in [4.69, 9.17) is 11.6 Å². The van der Waals surface area contributed by atoms with Crippen molar-refractivity contribution in [2.24, 2.45) is 0 Å². The zero-order valence-electron chi connectivity index (χ0n) is 12.3. The van der Waals surface area contributed by atoms with Crippen LogP contribution in [0.2, 0.25) is 5.02 Å². The van der Waals surface area contributed by atoms with Crippen molar-refractivity contribution in [1.29, 1.82) is 0 Å². The lowest BCUT2D eigenvalue weighted by Gasteiger charge is -2.15. The maximum Gasteiger partial charge on any atom is 0.216 e. The topological polar surface area (TPSA) is 46.2 Å². The Morgan fingerprint density at radius 3 is 2.64 bits per heavy atom. The molecule has 0 aromatic heterocycles. The number of nitrogens with one attached hydrogen (secondary N) is 1. The fourth-order valence-corrected chi connectivity index (χ4v) is 4.45. The Bertz CT molecular complexity index is 785. The standard InChI is InChI=1S/C17H18ClNO2S/c1-12-2-8-16-14(10-12)5-9-17(16)19-22(20,21)11-13-3-6-15(18)7-4-13/h2-4,6-8,10,17,19H,5,9,11H2,1H3. The molecular weight excluding hydrogens is 318 g/mol. The molecule has 1 unspecified atom stereocenters. The van der Waals surface area contributed by atoms with Crippen LogP contribution in [0.5, 0.6) is 0 Å². The van der Waals surface area contributed by atoms with Gasteiger partial charge in [0.05, 0.1) is 5.75 Å². The number of fused-ring (bicyclic) bond motifs is 1. The van der Waals surface area contributed by atoms with Gasteiger partial charge in [0.15, 0.2) is 0 Å². The number of rotatable bonds is 4. The van der Waals surface area contributed by atoms with E-state index in [0.29, 0.717) is 5.02 Å². The third kappa shape index (κ3) is 3.51. The molecule has 0 radical (unpaired) electrons. The minimum atomic E-state index is -3.38. The van der Waals surface area contributed by atoms with Crippen LogP contribution in [0, 0.1) is 6.92 Å². The van der Waals surface area contributed by atoms with E-state index in [1.54, 1.807) is 24.3 Å². The molecule has 1 atom stereocenters. The van der Waals surface area contributed by atoms with Crippen molar-refractivity contribution in [3.8, 4) is 0 Å². The molecule has 2 aromatic carbocycles. The SMILES string of the molecule is Cc1ccc2c(c1)CCC2NS(=O)(=O)Cc1ccc(Cl)cc1. The number of hydrogen-bond donors (Lipinski definition) is 1. The lowest BCUT2D eigenvalue weighted by Crippen LogP contribution is -2.28. The lowest BCUT2D eigenvalue weighted by atomic mass is 10.1. The van der Waals surface area contributed by atoms with Gasteiger partial charge in [0.1, 0.15) is 0 Å². The van der Waals surface area contributed by atoms with Crippen LogP contribution in [-0.4, -0.2) is 8.42 Å². The van der Waals surface area contributed by atoms with Crippen LogP contribution in [0.25, 0.3) is 0 Å². The molecule has 0 amide bonds. The van der Waals surface area contributed by atoms with Crippen molar-refractivity contribution >= 4 is 21.6 Å². The number of aryl methyl sites for hydroxylation is 2. The van der Waals surface area contributed by atoms with E-state index in [9.17, 15) is 8.42 Å². The molecule has 22 heavy (non-hydrogen) atoms. The second-order valence-corrected chi connectivity index (χ2v) is 7.99. The van der Waals surface area contributed by atoms with E-state index in [-0.39, 0.29) is 11.8 Å². The molecule has 0 spiro atoms. The van der Waals surface area contributed by atoms with Gasteiger partial charge in [-0.05, 0) is 48.6 Å². The quantitative estimate of drug-likeness (QED) is 0.924. The Morgan fingerprint density at radius 2 is 1.91 bits per heavy atom. The van der Waals surface area contributed by atoms with Crippen LogP contribution in [-0.2, 0) is 22.2 Å². The molecule has 3 rings (SSSR count). The zero-order valence-corrected chi connectivity index (χ0v) is 13.9. The Balaban J connectivity index is 1.74. The first kappa shape index (κ1) is 15.5. The molecule has 116 valence electrons. The average molecular weight is 336 g/mol. The average Bonchev–Trinajstić information content (AvgIpc) is 2.82. The predicted molar refractivity (Wildman–Crippen MR) is 89.5 cm³/mol. The van der Waals surface area contributed by atoms with Crippen molar-refractivity contribution < 1.29 is 8.42 Å². The number of benzene rings is 2. The number of halogens is 1. The summed E-state index contributed by atoms with van der Waals surface area (Å²) >= 11 is 5.82. The van der Waals surface area contributed by atoms with E-state index < -0.39 is 10.0 Å². The molecule has 3 nitrogen and oxygen atoms in total. The minimum absolute atomic E-state index is 0.0259. The highest BCUT2D eigenvalue weighted by Gasteiger charge is 2.26. The van der Waals surface area contributed by atoms with E-state index in [1.807, 2.05) is 12.1 Å². The summed E-state index contributed by atoms with van der Waals surface area (Å²) in [6, 6.07) is 13.0. The highest BCUT2D eigenvalue weighted by Crippen LogP contribution is 2.32. The Kier molecular flexibility index (Phi) is 4.26. The largest absolute Gasteiger partial charge is 0.216 e. The van der Waals surface area contributed by atoms with E-state index in [1.165, 1.54) is 11.1 Å². The van der Waals surface area contributed by atoms with E-state index in [0.717, 1.165) is 24.0 Å². The van der Waals surface area contributed by atoms with Gasteiger partial charge < -0.3 is 0 Å². The molecule has 0 aliphatic heterocycles. The first-order valence-corrected chi connectivity index (χ1v) is 9.30. The highest BCUT2D eigenvalue weighted by molar-refractivity contribution is 7.88. The van der Waals surface area contributed by atoms with Gasteiger partial charge in [0.25, 0.3) is 0 Å². The van der Waals surface area contributed by atoms with Gasteiger partial charge >= 0.3 is 0 Å². The van der Waals surface area contributed by atoms with Gasteiger partial charge in [-0.25, -0.2) is 13.1 Å². The van der Waals surface area contributed by atoms with Crippen molar-refractivity contribution in [3.05, 3.63) is 69.7 Å². The summed E-state index contributed by atoms with van der Waals surface area (Å²) in [4.78, 5) is 0. The summed E-state index contributed by atoms with van der Waals surface area (Å²) in [6.45, 7) is 2.05. The van der Waals surface area contributed by atoms with Crippen molar-refractivity contribution in [1.82, 2.24) is 4.72 Å². The summed E-state index contributed by atoms with van der Waals surface area (Å²) in [5.74, 6) is -0.0259. The van der Waals surface area contributed by atoms with Gasteiger partial charge in [-0.15, -0.1) is 0 Å². The Morgan fingerprint density at radius 1 is 1.18 bits per heavy atom. The first-order chi connectivity index (χ1) is 10.4. The minimum Gasteiger partial charge on any atom is -0.212 e. The number of sulfonamides is 1. The summed E-state index contributed by atoms with van der Waals surface area (Å²) in [6.07, 6.45) is 1.74. The van der Waals surface area contributed by atoms with Crippen LogP contribution in [0.1, 0.15) is 34.7 Å². The third-order valence-electron chi connectivity index (χ3n) is 3.97. The van der Waals surface area contributed by atoms with Gasteiger partial charge in [-0.2, -0.15) is 0 Å². The second kappa shape index (κ2) is 6.03. The van der Waals surface area contributed by atoms with Crippen LogP contribution >= 0.6 is 11.6 Å². The zero-order chi connectivity index (χ0) is 15.7. The highest BCUT2D eigenvalue weighted by atomic mass is 35.5. The molecule has 1 aliphatic carbocycles. The molecule has 2 aromatic rings. The fraction of sp³-hybridized carbons (Fsp3) is 0.294. The molecule has 0 heterocycles. The second-order valence-electron chi connectivity index (χ2n) is 5.80. The molecule has 0 bridgehead atoms. The third-order valence-corrected chi connectivity index (χ3v) is 5.58. The Hall–Kier alpha value is -1.36. The maximum atomic E-state index is 12.4. The van der Waals surface area contributed by atoms with Crippen molar-refractivity contribution in [3.63, 3.8) is 0 Å². The molecule has 0 fully saturated rings. The smallest absolute Gasteiger partial charge is 0.212 e. The van der Waals surface area contributed by atoms with Crippen LogP contribution in [0.3, 0.4) is 0 Å². The molecule has 5 heteroatoms. The predicted octanol–water partition coefficient (Wildman–Crippen LogP) is 3.76. The molecule has 1 aliphatic rings. The number of hydrogen-bond acceptors (Lipinski definition) is 2. The van der Waals surface area contributed by atoms with Gasteiger partial charge in [0, 0.05) is 11.1 Å². The summed E-state index contributed by atoms with van der Waals surface area (Å²) in [5.41, 5.74) is 4.30. The summed E-state index contributed by atoms with van der Waals surface area (Å²) in [5, 5.41) is 0.606. The fourth-order valence-electron chi connectivity index (χ4n) is 2.93. The normalized spacial score (nSPS) is 17.5. The lowest BCUT2D eigenvalue weighted by molar-refractivity contribution is 0.553.